The lowest BCUT2D eigenvalue weighted by molar-refractivity contribution is -0.384. The molecule has 0 spiro atoms. The number of rotatable bonds is 7. The number of nitrogens with one attached hydrogen (secondary N) is 1. The first-order valence-corrected chi connectivity index (χ1v) is 8.75. The Hall–Kier alpha value is -3.07. The van der Waals surface area contributed by atoms with E-state index in [1.165, 1.54) is 12.1 Å². The molecule has 0 aliphatic rings. The van der Waals surface area contributed by atoms with Gasteiger partial charge in [0.2, 0.25) is 5.91 Å². The van der Waals surface area contributed by atoms with E-state index < -0.39 is 10.8 Å². The zero-order chi connectivity index (χ0) is 18.5. The normalized spacial score (nSPS) is 10.7. The molecule has 0 atom stereocenters. The standard InChI is InChI=1S/C17H15N3O5S/c1-2-24-11-7-8-12(14(9-11)20(22)23)18-16(21)10-26-17-19-13-5-3-4-6-15(13)25-17/h3-9H,2,10H2,1H3,(H,18,21). The predicted molar refractivity (Wildman–Crippen MR) is 97.6 cm³/mol. The number of hydrogen-bond acceptors (Lipinski definition) is 7. The molecule has 1 heterocycles. The second-order valence-corrected chi connectivity index (χ2v) is 6.08. The summed E-state index contributed by atoms with van der Waals surface area (Å²) in [6.07, 6.45) is 0. The van der Waals surface area contributed by atoms with Gasteiger partial charge in [0.25, 0.3) is 10.9 Å². The predicted octanol–water partition coefficient (Wildman–Crippen LogP) is 3.87. The first-order chi connectivity index (χ1) is 12.6. The maximum Gasteiger partial charge on any atom is 0.296 e. The molecule has 0 bridgehead atoms. The maximum absolute atomic E-state index is 12.1. The molecule has 134 valence electrons. The van der Waals surface area contributed by atoms with E-state index in [0.29, 0.717) is 28.7 Å². The molecule has 0 unspecified atom stereocenters. The van der Waals surface area contributed by atoms with Crippen molar-refractivity contribution >= 4 is 40.1 Å². The highest BCUT2D eigenvalue weighted by molar-refractivity contribution is 7.99. The van der Waals surface area contributed by atoms with Gasteiger partial charge in [-0.25, -0.2) is 4.98 Å². The molecule has 0 aliphatic carbocycles. The summed E-state index contributed by atoms with van der Waals surface area (Å²) in [5.74, 6) is -0.0143. The van der Waals surface area contributed by atoms with Gasteiger partial charge in [0, 0.05) is 0 Å². The number of thioether (sulfide) groups is 1. The van der Waals surface area contributed by atoms with Crippen molar-refractivity contribution in [3.63, 3.8) is 0 Å². The van der Waals surface area contributed by atoms with Crippen molar-refractivity contribution in [1.82, 2.24) is 4.98 Å². The van der Waals surface area contributed by atoms with Gasteiger partial charge in [-0.2, -0.15) is 0 Å². The summed E-state index contributed by atoms with van der Waals surface area (Å²) in [5.41, 5.74) is 1.23. The third kappa shape index (κ3) is 4.12. The summed E-state index contributed by atoms with van der Waals surface area (Å²) in [6.45, 7) is 2.18. The highest BCUT2D eigenvalue weighted by atomic mass is 32.2. The van der Waals surface area contributed by atoms with E-state index in [2.05, 4.69) is 10.3 Å². The lowest BCUT2D eigenvalue weighted by atomic mass is 10.2. The SMILES string of the molecule is CCOc1ccc(NC(=O)CSc2nc3ccccc3o2)c([N+](=O)[O-])c1. The Balaban J connectivity index is 1.66. The number of nitrogens with zero attached hydrogens (tertiary/aromatic N) is 2. The van der Waals surface area contributed by atoms with E-state index in [4.69, 9.17) is 9.15 Å². The zero-order valence-corrected chi connectivity index (χ0v) is 14.6. The Kier molecular flexibility index (Phi) is 5.37. The summed E-state index contributed by atoms with van der Waals surface area (Å²) in [6, 6.07) is 11.6. The second-order valence-electron chi connectivity index (χ2n) is 5.15. The number of hydrogen-bond donors (Lipinski definition) is 1. The van der Waals surface area contributed by atoms with Gasteiger partial charge in [0.1, 0.15) is 17.0 Å². The molecule has 3 rings (SSSR count). The Morgan fingerprint density at radius 3 is 2.88 bits per heavy atom. The number of oxazole rings is 1. The van der Waals surface area contributed by atoms with Crippen LogP contribution in [0.1, 0.15) is 6.92 Å². The van der Waals surface area contributed by atoms with E-state index in [-0.39, 0.29) is 17.1 Å². The molecule has 0 saturated carbocycles. The number of nitro benzene ring substituents is 1. The van der Waals surface area contributed by atoms with Crippen LogP contribution in [-0.2, 0) is 4.79 Å². The van der Waals surface area contributed by atoms with Crippen molar-refractivity contribution < 1.29 is 18.9 Å². The van der Waals surface area contributed by atoms with Gasteiger partial charge < -0.3 is 14.5 Å². The van der Waals surface area contributed by atoms with Crippen LogP contribution in [0.2, 0.25) is 0 Å². The Bertz CT molecular complexity index is 923. The van der Waals surface area contributed by atoms with E-state index in [0.717, 1.165) is 11.8 Å². The van der Waals surface area contributed by atoms with Crippen molar-refractivity contribution in [1.29, 1.82) is 0 Å². The molecule has 9 heteroatoms. The maximum atomic E-state index is 12.1. The molecule has 3 aromatic rings. The molecule has 1 aromatic heterocycles. The Labute approximate surface area is 152 Å². The van der Waals surface area contributed by atoms with Crippen LogP contribution < -0.4 is 10.1 Å². The molecule has 0 saturated heterocycles. The molecular weight excluding hydrogens is 358 g/mol. The van der Waals surface area contributed by atoms with Crippen LogP contribution in [0.3, 0.4) is 0 Å². The summed E-state index contributed by atoms with van der Waals surface area (Å²) in [7, 11) is 0. The average Bonchev–Trinajstić information content (AvgIpc) is 3.04. The summed E-state index contributed by atoms with van der Waals surface area (Å²) in [4.78, 5) is 27.0. The summed E-state index contributed by atoms with van der Waals surface area (Å²) in [5, 5.41) is 14.1. The zero-order valence-electron chi connectivity index (χ0n) is 13.8. The second kappa shape index (κ2) is 7.87. The van der Waals surface area contributed by atoms with E-state index in [1.54, 1.807) is 19.1 Å². The topological polar surface area (TPSA) is 108 Å². The summed E-state index contributed by atoms with van der Waals surface area (Å²) >= 11 is 1.11. The third-order valence-electron chi connectivity index (χ3n) is 3.35. The molecule has 0 fully saturated rings. The number of carbonyl (C=O) groups excluding carboxylic acids is 1. The van der Waals surface area contributed by atoms with Gasteiger partial charge >= 0.3 is 0 Å². The molecule has 0 radical (unpaired) electrons. The number of benzene rings is 2. The highest BCUT2D eigenvalue weighted by Crippen LogP contribution is 2.30. The van der Waals surface area contributed by atoms with Crippen LogP contribution in [0, 0.1) is 10.1 Å². The van der Waals surface area contributed by atoms with Crippen LogP contribution in [0.4, 0.5) is 11.4 Å². The van der Waals surface area contributed by atoms with Crippen molar-refractivity contribution in [2.24, 2.45) is 0 Å². The highest BCUT2D eigenvalue weighted by Gasteiger charge is 2.18. The number of fused-ring (bicyclic) bond motifs is 1. The molecular formula is C17H15N3O5S. The fourth-order valence-electron chi connectivity index (χ4n) is 2.25. The number of carbonyl (C=O) groups is 1. The van der Waals surface area contributed by atoms with Crippen LogP contribution in [0.5, 0.6) is 5.75 Å². The quantitative estimate of drug-likeness (QED) is 0.380. The van der Waals surface area contributed by atoms with E-state index in [1.807, 2.05) is 18.2 Å². The van der Waals surface area contributed by atoms with Crippen LogP contribution >= 0.6 is 11.8 Å². The minimum absolute atomic E-state index is 0.0111. The van der Waals surface area contributed by atoms with E-state index in [9.17, 15) is 14.9 Å². The number of para-hydroxylation sites is 2. The van der Waals surface area contributed by atoms with Crippen LogP contribution in [0.15, 0.2) is 52.1 Å². The average molecular weight is 373 g/mol. The number of nitro groups is 1. The molecule has 26 heavy (non-hydrogen) atoms. The largest absolute Gasteiger partial charge is 0.494 e. The Morgan fingerprint density at radius 1 is 1.35 bits per heavy atom. The molecule has 2 aromatic carbocycles. The van der Waals surface area contributed by atoms with Crippen molar-refractivity contribution in [2.75, 3.05) is 17.7 Å². The minimum atomic E-state index is -0.563. The van der Waals surface area contributed by atoms with Crippen molar-refractivity contribution in [3.8, 4) is 5.75 Å². The molecule has 1 N–H and O–H groups in total. The van der Waals surface area contributed by atoms with Crippen LogP contribution in [0.25, 0.3) is 11.1 Å². The van der Waals surface area contributed by atoms with Gasteiger partial charge in [0.15, 0.2) is 5.58 Å². The molecule has 1 amide bonds. The molecule has 0 aliphatic heterocycles. The number of aromatic nitrogens is 1. The summed E-state index contributed by atoms with van der Waals surface area (Å²) < 4.78 is 10.8. The Morgan fingerprint density at radius 2 is 2.15 bits per heavy atom. The lowest BCUT2D eigenvalue weighted by Gasteiger charge is -2.07. The van der Waals surface area contributed by atoms with Gasteiger partial charge in [-0.3, -0.25) is 14.9 Å². The van der Waals surface area contributed by atoms with Gasteiger partial charge in [0.05, 0.1) is 23.3 Å². The van der Waals surface area contributed by atoms with Gasteiger partial charge in [-0.05, 0) is 31.2 Å². The first kappa shape index (κ1) is 17.7. The van der Waals surface area contributed by atoms with Crippen molar-refractivity contribution in [2.45, 2.75) is 12.1 Å². The molecule has 8 nitrogen and oxygen atoms in total. The van der Waals surface area contributed by atoms with Crippen LogP contribution in [-0.4, -0.2) is 28.2 Å². The minimum Gasteiger partial charge on any atom is -0.494 e. The lowest BCUT2D eigenvalue weighted by Crippen LogP contribution is -2.15. The first-order valence-electron chi connectivity index (χ1n) is 7.76. The third-order valence-corrected chi connectivity index (χ3v) is 4.18. The number of amides is 1. The van der Waals surface area contributed by atoms with Gasteiger partial charge in [-0.1, -0.05) is 23.9 Å². The number of anilines is 1. The number of ether oxygens (including phenoxy) is 1. The van der Waals surface area contributed by atoms with Crippen molar-refractivity contribution in [3.05, 3.63) is 52.6 Å². The smallest absolute Gasteiger partial charge is 0.296 e. The van der Waals surface area contributed by atoms with E-state index >= 15 is 0 Å². The van der Waals surface area contributed by atoms with Gasteiger partial charge in [-0.15, -0.1) is 0 Å². The fourth-order valence-corrected chi connectivity index (χ4v) is 2.89. The monoisotopic (exact) mass is 373 g/mol. The fraction of sp³-hybridized carbons (Fsp3) is 0.176.